The second kappa shape index (κ2) is 7.78. The van der Waals surface area contributed by atoms with E-state index in [4.69, 9.17) is 4.74 Å². The molecular weight excluding hydrogens is 448 g/mol. The summed E-state index contributed by atoms with van der Waals surface area (Å²) in [5, 5.41) is 12.3. The van der Waals surface area contributed by atoms with Crippen LogP contribution in [0.1, 0.15) is 36.8 Å². The molecule has 0 fully saturated rings. The number of aryl methyl sites for hydroxylation is 2. The molecule has 4 aromatic rings. The summed E-state index contributed by atoms with van der Waals surface area (Å²) in [6, 6.07) is 14.3. The van der Waals surface area contributed by atoms with E-state index in [1.807, 2.05) is 49.6 Å². The van der Waals surface area contributed by atoms with Crippen molar-refractivity contribution in [2.75, 3.05) is 6.61 Å². The summed E-state index contributed by atoms with van der Waals surface area (Å²) in [6.45, 7) is 6.22. The first kappa shape index (κ1) is 22.8. The first-order chi connectivity index (χ1) is 16.5. The molecule has 0 aliphatic carbocycles. The molecule has 2 aromatic carbocycles. The van der Waals surface area contributed by atoms with Gasteiger partial charge in [-0.1, -0.05) is 35.9 Å². The van der Waals surface area contributed by atoms with Crippen LogP contribution in [-0.4, -0.2) is 25.2 Å². The van der Waals surface area contributed by atoms with Gasteiger partial charge in [0.2, 0.25) is 0 Å². The van der Waals surface area contributed by atoms with E-state index < -0.39 is 27.8 Å². The van der Waals surface area contributed by atoms with Crippen molar-refractivity contribution in [3.63, 3.8) is 0 Å². The zero-order valence-corrected chi connectivity index (χ0v) is 20.2. The van der Waals surface area contributed by atoms with Crippen LogP contribution < -0.4 is 11.2 Å². The summed E-state index contributed by atoms with van der Waals surface area (Å²) in [7, 11) is 3.07. The molecule has 0 amide bonds. The maximum absolute atomic E-state index is 13.6. The van der Waals surface area contributed by atoms with E-state index in [0.717, 1.165) is 15.7 Å². The summed E-state index contributed by atoms with van der Waals surface area (Å²) in [5.74, 6) is 0. The topological polar surface area (TPSA) is 101 Å². The largest absolute Gasteiger partial charge is 0.364 e. The SMILES string of the molecule is Cc1cccc(-c2c3c(=O)n(C)c(=O)n(C)c3c3n2C(C)(C)COC3c2ccccc2[N+](=O)[O-])c1. The highest BCUT2D eigenvalue weighted by molar-refractivity contribution is 5.97. The van der Waals surface area contributed by atoms with Gasteiger partial charge in [0, 0.05) is 20.2 Å². The number of para-hydroxylation sites is 1. The van der Waals surface area contributed by atoms with Crippen molar-refractivity contribution >= 4 is 16.6 Å². The van der Waals surface area contributed by atoms with Crippen molar-refractivity contribution in [3.8, 4) is 11.3 Å². The third-order valence-corrected chi connectivity index (χ3v) is 6.77. The molecule has 0 saturated carbocycles. The maximum Gasteiger partial charge on any atom is 0.331 e. The highest BCUT2D eigenvalue weighted by Gasteiger charge is 2.42. The second-order valence-electron chi connectivity index (χ2n) is 9.69. The van der Waals surface area contributed by atoms with Gasteiger partial charge in [0.05, 0.1) is 44.9 Å². The van der Waals surface area contributed by atoms with E-state index in [1.165, 1.54) is 17.7 Å². The third-order valence-electron chi connectivity index (χ3n) is 6.77. The molecule has 180 valence electrons. The van der Waals surface area contributed by atoms with Gasteiger partial charge in [-0.05, 0) is 38.5 Å². The number of aromatic nitrogens is 3. The van der Waals surface area contributed by atoms with Gasteiger partial charge in [0.25, 0.3) is 11.2 Å². The quantitative estimate of drug-likeness (QED) is 0.332. The van der Waals surface area contributed by atoms with E-state index in [2.05, 4.69) is 0 Å². The van der Waals surface area contributed by atoms with E-state index in [-0.39, 0.29) is 12.3 Å². The Labute approximate surface area is 201 Å². The van der Waals surface area contributed by atoms with Crippen LogP contribution in [0.2, 0.25) is 0 Å². The number of ether oxygens (including phenoxy) is 1. The number of nitro groups is 1. The monoisotopic (exact) mass is 474 g/mol. The van der Waals surface area contributed by atoms with Crippen molar-refractivity contribution in [2.24, 2.45) is 14.1 Å². The van der Waals surface area contributed by atoms with Crippen LogP contribution in [0, 0.1) is 17.0 Å². The zero-order valence-electron chi connectivity index (χ0n) is 20.2. The minimum Gasteiger partial charge on any atom is -0.364 e. The Kier molecular flexibility index (Phi) is 5.06. The average Bonchev–Trinajstić information content (AvgIpc) is 3.19. The predicted octanol–water partition coefficient (Wildman–Crippen LogP) is 3.78. The van der Waals surface area contributed by atoms with E-state index in [0.29, 0.717) is 27.9 Å². The normalized spacial score (nSPS) is 16.9. The molecule has 9 nitrogen and oxygen atoms in total. The van der Waals surface area contributed by atoms with Gasteiger partial charge >= 0.3 is 5.69 Å². The van der Waals surface area contributed by atoms with Crippen molar-refractivity contribution in [2.45, 2.75) is 32.4 Å². The standard InChI is InChI=1S/C26H26N4O5/c1-15-9-8-10-16(13-15)20-19-21(27(4)25(32)28(5)24(19)31)22-23(35-14-26(2,3)29(20)22)17-11-6-7-12-18(17)30(33)34/h6-13,23H,14H2,1-5H3. The maximum atomic E-state index is 13.6. The van der Waals surface area contributed by atoms with Crippen LogP contribution in [0.5, 0.6) is 0 Å². The van der Waals surface area contributed by atoms with Crippen molar-refractivity contribution < 1.29 is 9.66 Å². The van der Waals surface area contributed by atoms with Gasteiger partial charge in [-0.15, -0.1) is 0 Å². The van der Waals surface area contributed by atoms with Crippen LogP contribution in [0.4, 0.5) is 5.69 Å². The molecule has 0 radical (unpaired) electrons. The molecule has 1 unspecified atom stereocenters. The Morgan fingerprint density at radius 1 is 1.06 bits per heavy atom. The Hall–Kier alpha value is -3.98. The number of benzene rings is 2. The molecular formula is C26H26N4O5. The van der Waals surface area contributed by atoms with Crippen LogP contribution in [0.3, 0.4) is 0 Å². The lowest BCUT2D eigenvalue weighted by Gasteiger charge is -2.39. The first-order valence-electron chi connectivity index (χ1n) is 11.3. The van der Waals surface area contributed by atoms with Gasteiger partial charge in [-0.25, -0.2) is 4.79 Å². The van der Waals surface area contributed by atoms with Gasteiger partial charge in [-0.2, -0.15) is 0 Å². The summed E-state index contributed by atoms with van der Waals surface area (Å²) in [5.41, 5.74) is 2.30. The van der Waals surface area contributed by atoms with Crippen LogP contribution >= 0.6 is 0 Å². The van der Waals surface area contributed by atoms with Crippen molar-refractivity contribution in [1.82, 2.24) is 13.7 Å². The zero-order chi connectivity index (χ0) is 25.2. The fraction of sp³-hybridized carbons (Fsp3) is 0.308. The van der Waals surface area contributed by atoms with E-state index >= 15 is 0 Å². The highest BCUT2D eigenvalue weighted by atomic mass is 16.6. The van der Waals surface area contributed by atoms with Gasteiger partial charge in [0.15, 0.2) is 0 Å². The molecule has 0 N–H and O–H groups in total. The van der Waals surface area contributed by atoms with E-state index in [9.17, 15) is 19.7 Å². The Balaban J connectivity index is 2.03. The lowest BCUT2D eigenvalue weighted by Crippen LogP contribution is -2.40. The summed E-state index contributed by atoms with van der Waals surface area (Å²) in [4.78, 5) is 38.1. The van der Waals surface area contributed by atoms with Crippen LogP contribution in [-0.2, 0) is 24.4 Å². The first-order valence-corrected chi connectivity index (χ1v) is 11.3. The molecule has 9 heteroatoms. The summed E-state index contributed by atoms with van der Waals surface area (Å²) >= 11 is 0. The minimum absolute atomic E-state index is 0.0796. The van der Waals surface area contributed by atoms with Gasteiger partial charge in [-0.3, -0.25) is 24.0 Å². The molecule has 1 atom stereocenters. The third kappa shape index (κ3) is 3.26. The number of nitrogens with zero attached hydrogens (tertiary/aromatic N) is 4. The Morgan fingerprint density at radius 3 is 2.46 bits per heavy atom. The fourth-order valence-electron chi connectivity index (χ4n) is 5.18. The van der Waals surface area contributed by atoms with E-state index in [1.54, 1.807) is 25.2 Å². The van der Waals surface area contributed by atoms with Crippen molar-refractivity contribution in [1.29, 1.82) is 0 Å². The minimum atomic E-state index is -0.844. The lowest BCUT2D eigenvalue weighted by atomic mass is 9.97. The Morgan fingerprint density at radius 2 is 1.77 bits per heavy atom. The lowest BCUT2D eigenvalue weighted by molar-refractivity contribution is -0.386. The predicted molar refractivity (Wildman–Crippen MR) is 133 cm³/mol. The molecule has 0 saturated heterocycles. The summed E-state index contributed by atoms with van der Waals surface area (Å²) < 4.78 is 10.9. The molecule has 1 aliphatic rings. The molecule has 3 heterocycles. The van der Waals surface area contributed by atoms with Gasteiger partial charge < -0.3 is 9.30 Å². The average molecular weight is 475 g/mol. The number of nitro benzene ring substituents is 1. The number of hydrogen-bond acceptors (Lipinski definition) is 5. The molecule has 0 bridgehead atoms. The van der Waals surface area contributed by atoms with Crippen LogP contribution in [0.25, 0.3) is 22.2 Å². The van der Waals surface area contributed by atoms with Gasteiger partial charge in [0.1, 0.15) is 6.10 Å². The van der Waals surface area contributed by atoms with Crippen molar-refractivity contribution in [3.05, 3.63) is 96.3 Å². The molecule has 5 rings (SSSR count). The Bertz CT molecular complexity index is 1640. The molecule has 2 aromatic heterocycles. The molecule has 35 heavy (non-hydrogen) atoms. The molecule has 1 aliphatic heterocycles. The van der Waals surface area contributed by atoms with Crippen LogP contribution in [0.15, 0.2) is 58.1 Å². The fourth-order valence-corrected chi connectivity index (χ4v) is 5.18. The number of fused-ring (bicyclic) bond motifs is 3. The summed E-state index contributed by atoms with van der Waals surface area (Å²) in [6.07, 6.45) is -0.844. The molecule has 0 spiro atoms. The highest BCUT2D eigenvalue weighted by Crippen LogP contribution is 2.46. The second-order valence-corrected chi connectivity index (χ2v) is 9.69. The smallest absolute Gasteiger partial charge is 0.331 e. The number of hydrogen-bond donors (Lipinski definition) is 0. The number of rotatable bonds is 3.